The minimum atomic E-state index is -0.0880. The highest BCUT2D eigenvalue weighted by Crippen LogP contribution is 2.35. The third kappa shape index (κ3) is 2.37. The van der Waals surface area contributed by atoms with Gasteiger partial charge in [-0.1, -0.05) is 19.1 Å². The van der Waals surface area contributed by atoms with Gasteiger partial charge in [-0.2, -0.15) is 0 Å². The van der Waals surface area contributed by atoms with E-state index < -0.39 is 0 Å². The average Bonchev–Trinajstić information content (AvgIpc) is 2.71. The fourth-order valence-electron chi connectivity index (χ4n) is 3.06. The molecule has 1 saturated heterocycles. The first-order valence-electron chi connectivity index (χ1n) is 6.89. The third-order valence-electron chi connectivity index (χ3n) is 3.95. The van der Waals surface area contributed by atoms with E-state index in [9.17, 15) is 4.39 Å². The Kier molecular flexibility index (Phi) is 4.23. The first kappa shape index (κ1) is 13.3. The van der Waals surface area contributed by atoms with Crippen LogP contribution in [0.1, 0.15) is 38.7 Å². The first-order chi connectivity index (χ1) is 8.69. The highest BCUT2D eigenvalue weighted by molar-refractivity contribution is 5.57. The van der Waals surface area contributed by atoms with E-state index in [1.807, 2.05) is 13.1 Å². The monoisotopic (exact) mass is 250 g/mol. The SMILES string of the molecule is CCC1CCC(C)N1c1c(F)cccc1CNC. The molecule has 0 radical (unpaired) electrons. The largest absolute Gasteiger partial charge is 0.363 e. The smallest absolute Gasteiger partial charge is 0.146 e. The molecule has 1 aromatic rings. The molecule has 1 aliphatic heterocycles. The maximum atomic E-state index is 14.2. The number of nitrogens with one attached hydrogen (secondary N) is 1. The summed E-state index contributed by atoms with van der Waals surface area (Å²) in [6.07, 6.45) is 3.41. The highest BCUT2D eigenvalue weighted by Gasteiger charge is 2.32. The van der Waals surface area contributed by atoms with E-state index >= 15 is 0 Å². The molecule has 1 aromatic carbocycles. The van der Waals surface area contributed by atoms with Crippen molar-refractivity contribution in [1.82, 2.24) is 5.32 Å². The van der Waals surface area contributed by atoms with Crippen molar-refractivity contribution in [3.8, 4) is 0 Å². The molecular formula is C15H23FN2. The number of hydrogen-bond donors (Lipinski definition) is 1. The quantitative estimate of drug-likeness (QED) is 0.882. The summed E-state index contributed by atoms with van der Waals surface area (Å²) in [5, 5.41) is 3.13. The summed E-state index contributed by atoms with van der Waals surface area (Å²) in [4.78, 5) is 2.29. The Bertz CT molecular complexity index is 405. The number of anilines is 1. The lowest BCUT2D eigenvalue weighted by Gasteiger charge is -2.32. The van der Waals surface area contributed by atoms with Gasteiger partial charge in [-0.25, -0.2) is 4.39 Å². The van der Waals surface area contributed by atoms with E-state index in [-0.39, 0.29) is 5.82 Å². The van der Waals surface area contributed by atoms with Crippen LogP contribution in [0.25, 0.3) is 0 Å². The van der Waals surface area contributed by atoms with Crippen molar-refractivity contribution in [1.29, 1.82) is 0 Å². The van der Waals surface area contributed by atoms with Gasteiger partial charge in [0.05, 0.1) is 5.69 Å². The van der Waals surface area contributed by atoms with Crippen LogP contribution in [0.3, 0.4) is 0 Å². The number of benzene rings is 1. The van der Waals surface area contributed by atoms with Gasteiger partial charge in [-0.05, 0) is 44.9 Å². The predicted molar refractivity (Wildman–Crippen MR) is 74.4 cm³/mol. The Morgan fingerprint density at radius 2 is 2.17 bits per heavy atom. The zero-order valence-electron chi connectivity index (χ0n) is 11.5. The molecule has 2 rings (SSSR count). The summed E-state index contributed by atoms with van der Waals surface area (Å²) in [5.41, 5.74) is 1.87. The van der Waals surface area contributed by atoms with E-state index in [0.717, 1.165) is 24.1 Å². The van der Waals surface area contributed by atoms with Crippen LogP contribution < -0.4 is 10.2 Å². The summed E-state index contributed by atoms with van der Waals surface area (Å²) < 4.78 is 14.2. The topological polar surface area (TPSA) is 15.3 Å². The van der Waals surface area contributed by atoms with Gasteiger partial charge in [0, 0.05) is 18.6 Å². The molecule has 100 valence electrons. The second-order valence-electron chi connectivity index (χ2n) is 5.17. The minimum absolute atomic E-state index is 0.0880. The molecule has 18 heavy (non-hydrogen) atoms. The molecule has 3 heteroatoms. The fraction of sp³-hybridized carbons (Fsp3) is 0.600. The molecule has 1 N–H and O–H groups in total. The summed E-state index contributed by atoms with van der Waals surface area (Å²) in [7, 11) is 1.90. The molecular weight excluding hydrogens is 227 g/mol. The molecule has 0 spiro atoms. The predicted octanol–water partition coefficient (Wildman–Crippen LogP) is 3.31. The van der Waals surface area contributed by atoms with Crippen LogP contribution >= 0.6 is 0 Å². The molecule has 1 fully saturated rings. The zero-order valence-corrected chi connectivity index (χ0v) is 11.5. The standard InChI is InChI=1S/C15H23FN2/c1-4-13-9-8-11(2)18(13)15-12(10-17-3)6-5-7-14(15)16/h5-7,11,13,17H,4,8-10H2,1-3H3. The molecule has 0 aromatic heterocycles. The molecule has 1 heterocycles. The lowest BCUT2D eigenvalue weighted by atomic mass is 10.1. The van der Waals surface area contributed by atoms with Gasteiger partial charge >= 0.3 is 0 Å². The molecule has 0 saturated carbocycles. The first-order valence-corrected chi connectivity index (χ1v) is 6.89. The number of hydrogen-bond acceptors (Lipinski definition) is 2. The average molecular weight is 250 g/mol. The van der Waals surface area contributed by atoms with Crippen molar-refractivity contribution >= 4 is 5.69 Å². The minimum Gasteiger partial charge on any atom is -0.363 e. The van der Waals surface area contributed by atoms with Crippen molar-refractivity contribution in [3.63, 3.8) is 0 Å². The molecule has 2 unspecified atom stereocenters. The van der Waals surface area contributed by atoms with Crippen LogP contribution in [-0.4, -0.2) is 19.1 Å². The number of para-hydroxylation sites is 1. The molecule has 0 amide bonds. The van der Waals surface area contributed by atoms with E-state index in [2.05, 4.69) is 24.1 Å². The maximum absolute atomic E-state index is 14.2. The number of rotatable bonds is 4. The fourth-order valence-corrected chi connectivity index (χ4v) is 3.06. The van der Waals surface area contributed by atoms with Gasteiger partial charge in [-0.3, -0.25) is 0 Å². The van der Waals surface area contributed by atoms with Crippen LogP contribution in [-0.2, 0) is 6.54 Å². The second kappa shape index (κ2) is 5.70. The molecule has 2 atom stereocenters. The van der Waals surface area contributed by atoms with Crippen LogP contribution in [0.15, 0.2) is 18.2 Å². The van der Waals surface area contributed by atoms with Gasteiger partial charge in [0.2, 0.25) is 0 Å². The van der Waals surface area contributed by atoms with Gasteiger partial charge in [0.25, 0.3) is 0 Å². The van der Waals surface area contributed by atoms with Crippen LogP contribution in [0.2, 0.25) is 0 Å². The van der Waals surface area contributed by atoms with Crippen LogP contribution in [0.4, 0.5) is 10.1 Å². The van der Waals surface area contributed by atoms with Crippen molar-refractivity contribution in [2.75, 3.05) is 11.9 Å². The summed E-state index contributed by atoms with van der Waals surface area (Å²) in [6.45, 7) is 5.10. The van der Waals surface area contributed by atoms with Gasteiger partial charge < -0.3 is 10.2 Å². The molecule has 0 bridgehead atoms. The zero-order chi connectivity index (χ0) is 13.1. The molecule has 2 nitrogen and oxygen atoms in total. The highest BCUT2D eigenvalue weighted by atomic mass is 19.1. The van der Waals surface area contributed by atoms with Crippen LogP contribution in [0.5, 0.6) is 0 Å². The van der Waals surface area contributed by atoms with Crippen molar-refractivity contribution < 1.29 is 4.39 Å². The van der Waals surface area contributed by atoms with Gasteiger partial charge in [0.1, 0.15) is 5.82 Å². The van der Waals surface area contributed by atoms with Gasteiger partial charge in [-0.15, -0.1) is 0 Å². The van der Waals surface area contributed by atoms with E-state index in [1.54, 1.807) is 12.1 Å². The normalized spacial score (nSPS) is 23.7. The Morgan fingerprint density at radius 3 is 2.83 bits per heavy atom. The summed E-state index contributed by atoms with van der Waals surface area (Å²) >= 11 is 0. The number of halogens is 1. The Labute approximate surface area is 109 Å². The lowest BCUT2D eigenvalue weighted by Crippen LogP contribution is -2.36. The third-order valence-corrected chi connectivity index (χ3v) is 3.95. The van der Waals surface area contributed by atoms with E-state index in [4.69, 9.17) is 0 Å². The van der Waals surface area contributed by atoms with Gasteiger partial charge in [0.15, 0.2) is 0 Å². The Balaban J connectivity index is 2.41. The molecule has 1 aliphatic rings. The Morgan fingerprint density at radius 1 is 1.39 bits per heavy atom. The van der Waals surface area contributed by atoms with Crippen molar-refractivity contribution in [3.05, 3.63) is 29.6 Å². The summed E-state index contributed by atoms with van der Waals surface area (Å²) in [5.74, 6) is -0.0880. The van der Waals surface area contributed by atoms with E-state index in [0.29, 0.717) is 18.6 Å². The summed E-state index contributed by atoms with van der Waals surface area (Å²) in [6, 6.07) is 6.31. The second-order valence-corrected chi connectivity index (χ2v) is 5.17. The lowest BCUT2D eigenvalue weighted by molar-refractivity contribution is 0.576. The number of nitrogens with zero attached hydrogens (tertiary/aromatic N) is 1. The maximum Gasteiger partial charge on any atom is 0.146 e. The molecule has 0 aliphatic carbocycles. The van der Waals surface area contributed by atoms with Crippen molar-refractivity contribution in [2.45, 2.75) is 51.7 Å². The van der Waals surface area contributed by atoms with E-state index in [1.165, 1.54) is 6.42 Å². The van der Waals surface area contributed by atoms with Crippen LogP contribution in [0, 0.1) is 5.82 Å². The Hall–Kier alpha value is -1.09. The van der Waals surface area contributed by atoms with Crippen molar-refractivity contribution in [2.24, 2.45) is 0 Å².